The van der Waals surface area contributed by atoms with Gasteiger partial charge in [-0.3, -0.25) is 9.89 Å². The third-order valence-electron chi connectivity index (χ3n) is 5.99. The predicted octanol–water partition coefficient (Wildman–Crippen LogP) is 6.21. The van der Waals surface area contributed by atoms with Crippen LogP contribution in [0.2, 0.25) is 5.02 Å². The number of nitrogens with one attached hydrogen (secondary N) is 2. The van der Waals surface area contributed by atoms with Gasteiger partial charge in [-0.05, 0) is 65.7 Å². The molecule has 5 aromatic rings. The second-order valence-electron chi connectivity index (χ2n) is 8.48. The number of ether oxygens (including phenoxy) is 1. The molecule has 1 aromatic heterocycles. The normalized spacial score (nSPS) is 11.4. The van der Waals surface area contributed by atoms with Gasteiger partial charge in [0.25, 0.3) is 5.91 Å². The van der Waals surface area contributed by atoms with E-state index in [9.17, 15) is 13.2 Å². The second-order valence-corrected chi connectivity index (χ2v) is 10.9. The predicted molar refractivity (Wildman–Crippen MR) is 146 cm³/mol. The molecule has 0 bridgehead atoms. The topological polar surface area (TPSA) is 101 Å². The molecule has 1 amide bonds. The van der Waals surface area contributed by atoms with Crippen molar-refractivity contribution in [3.63, 3.8) is 0 Å². The quantitative estimate of drug-likeness (QED) is 0.271. The third kappa shape index (κ3) is 4.94. The summed E-state index contributed by atoms with van der Waals surface area (Å²) < 4.78 is 29.8. The van der Waals surface area contributed by atoms with Crippen LogP contribution >= 0.6 is 11.6 Å². The average Bonchev–Trinajstić information content (AvgIpc) is 3.33. The van der Waals surface area contributed by atoms with E-state index >= 15 is 0 Å². The van der Waals surface area contributed by atoms with Crippen LogP contribution in [0.1, 0.15) is 10.4 Å². The Kier molecular flexibility index (Phi) is 6.45. The molecular formula is C28H22ClN3O4S. The molecule has 4 aromatic carbocycles. The van der Waals surface area contributed by atoms with Crippen LogP contribution in [0.15, 0.2) is 89.8 Å². The Balaban J connectivity index is 1.55. The standard InChI is InChI=1S/C28H22ClN3O4S/c1-36-19-7-5-6-17(14-19)23-16-20(37(2,34)35)11-12-21(23)28(33)30-18-10-13-25(29)24(15-18)27-22-8-3-4-9-26(22)31-32-27/h3-16H,1-2H3,(H,30,33)(H,31,32). The van der Waals surface area contributed by atoms with E-state index in [0.717, 1.165) is 17.2 Å². The fraction of sp³-hybridized carbons (Fsp3) is 0.0714. The zero-order valence-corrected chi connectivity index (χ0v) is 21.5. The summed E-state index contributed by atoms with van der Waals surface area (Å²) in [6, 6.07) is 24.4. The van der Waals surface area contributed by atoms with E-state index in [1.807, 2.05) is 24.3 Å². The van der Waals surface area contributed by atoms with E-state index in [-0.39, 0.29) is 4.90 Å². The number of H-pyrrole nitrogens is 1. The maximum atomic E-state index is 13.5. The zero-order valence-electron chi connectivity index (χ0n) is 19.9. The van der Waals surface area contributed by atoms with Crippen LogP contribution in [0.25, 0.3) is 33.3 Å². The zero-order chi connectivity index (χ0) is 26.2. The molecule has 0 fully saturated rings. The first-order chi connectivity index (χ1) is 17.7. The molecule has 0 aliphatic heterocycles. The summed E-state index contributed by atoms with van der Waals surface area (Å²) in [4.78, 5) is 13.6. The number of carbonyl (C=O) groups excluding carboxylic acids is 1. The summed E-state index contributed by atoms with van der Waals surface area (Å²) in [5.74, 6) is 0.181. The monoisotopic (exact) mass is 531 g/mol. The number of methoxy groups -OCH3 is 1. The third-order valence-corrected chi connectivity index (χ3v) is 7.43. The van der Waals surface area contributed by atoms with Gasteiger partial charge in [-0.25, -0.2) is 8.42 Å². The summed E-state index contributed by atoms with van der Waals surface area (Å²) in [6.45, 7) is 0. The largest absolute Gasteiger partial charge is 0.497 e. The summed E-state index contributed by atoms with van der Waals surface area (Å²) in [6.07, 6.45) is 1.13. The first-order valence-electron chi connectivity index (χ1n) is 11.3. The number of hydrogen-bond acceptors (Lipinski definition) is 5. The minimum atomic E-state index is -3.49. The van der Waals surface area contributed by atoms with Gasteiger partial charge in [0.15, 0.2) is 9.84 Å². The summed E-state index contributed by atoms with van der Waals surface area (Å²) in [5.41, 5.74) is 4.14. The van der Waals surface area contributed by atoms with E-state index < -0.39 is 15.7 Å². The molecule has 0 unspecified atom stereocenters. The molecule has 0 aliphatic rings. The SMILES string of the molecule is COc1cccc(-c2cc(S(C)(=O)=O)ccc2C(=O)Nc2ccc(Cl)c(-c3n[nH]c4ccccc34)c2)c1. The minimum Gasteiger partial charge on any atom is -0.497 e. The number of amides is 1. The van der Waals surface area contributed by atoms with E-state index in [0.29, 0.717) is 44.4 Å². The van der Waals surface area contributed by atoms with Gasteiger partial charge in [-0.1, -0.05) is 41.9 Å². The van der Waals surface area contributed by atoms with Crippen molar-refractivity contribution in [1.82, 2.24) is 10.2 Å². The van der Waals surface area contributed by atoms with Crippen molar-refractivity contribution in [3.05, 3.63) is 95.5 Å². The van der Waals surface area contributed by atoms with Crippen molar-refractivity contribution >= 4 is 43.9 Å². The fourth-order valence-corrected chi connectivity index (χ4v) is 4.99. The molecule has 0 saturated heterocycles. The van der Waals surface area contributed by atoms with Crippen LogP contribution in [0.5, 0.6) is 5.75 Å². The lowest BCUT2D eigenvalue weighted by atomic mass is 9.98. The number of carbonyl (C=O) groups is 1. The van der Waals surface area contributed by atoms with Crippen LogP contribution < -0.4 is 10.1 Å². The van der Waals surface area contributed by atoms with Gasteiger partial charge >= 0.3 is 0 Å². The van der Waals surface area contributed by atoms with Crippen molar-refractivity contribution in [2.75, 3.05) is 18.7 Å². The molecule has 0 saturated carbocycles. The van der Waals surface area contributed by atoms with Gasteiger partial charge in [-0.15, -0.1) is 0 Å². The van der Waals surface area contributed by atoms with Crippen LogP contribution in [-0.2, 0) is 9.84 Å². The van der Waals surface area contributed by atoms with Gasteiger partial charge in [-0.2, -0.15) is 5.10 Å². The Bertz CT molecular complexity index is 1760. The summed E-state index contributed by atoms with van der Waals surface area (Å²) >= 11 is 6.50. The molecule has 0 spiro atoms. The first kappa shape index (κ1) is 24.5. The first-order valence-corrected chi connectivity index (χ1v) is 13.5. The van der Waals surface area contributed by atoms with Crippen molar-refractivity contribution in [2.45, 2.75) is 4.90 Å². The molecule has 2 N–H and O–H groups in total. The number of para-hydroxylation sites is 1. The van der Waals surface area contributed by atoms with Gasteiger partial charge in [0.2, 0.25) is 0 Å². The van der Waals surface area contributed by atoms with Crippen LogP contribution in [0.4, 0.5) is 5.69 Å². The highest BCUT2D eigenvalue weighted by atomic mass is 35.5. The Morgan fingerprint density at radius 1 is 0.946 bits per heavy atom. The van der Waals surface area contributed by atoms with Gasteiger partial charge in [0.05, 0.1) is 22.5 Å². The molecule has 0 aliphatic carbocycles. The van der Waals surface area contributed by atoms with Crippen LogP contribution in [0, 0.1) is 0 Å². The number of nitrogens with zero attached hydrogens (tertiary/aromatic N) is 1. The lowest BCUT2D eigenvalue weighted by molar-refractivity contribution is 0.102. The summed E-state index contributed by atoms with van der Waals surface area (Å²) in [5, 5.41) is 11.7. The van der Waals surface area contributed by atoms with Crippen molar-refractivity contribution < 1.29 is 17.9 Å². The molecule has 37 heavy (non-hydrogen) atoms. The van der Waals surface area contributed by atoms with E-state index in [2.05, 4.69) is 15.5 Å². The highest BCUT2D eigenvalue weighted by Gasteiger charge is 2.19. The lowest BCUT2D eigenvalue weighted by Gasteiger charge is -2.14. The summed E-state index contributed by atoms with van der Waals surface area (Å²) in [7, 11) is -1.95. The number of fused-ring (bicyclic) bond motifs is 1. The second kappa shape index (κ2) is 9.72. The minimum absolute atomic E-state index is 0.112. The Morgan fingerprint density at radius 3 is 2.54 bits per heavy atom. The van der Waals surface area contributed by atoms with Gasteiger partial charge in [0, 0.05) is 28.5 Å². The number of hydrogen-bond donors (Lipinski definition) is 2. The van der Waals surface area contributed by atoms with E-state index in [1.54, 1.807) is 49.6 Å². The Labute approximate surface area is 219 Å². The van der Waals surface area contributed by atoms with E-state index in [1.165, 1.54) is 18.2 Å². The number of aromatic amines is 1. The number of halogens is 1. The van der Waals surface area contributed by atoms with Crippen molar-refractivity contribution in [3.8, 4) is 28.1 Å². The molecule has 9 heteroatoms. The van der Waals surface area contributed by atoms with Crippen molar-refractivity contribution in [2.24, 2.45) is 0 Å². The average molecular weight is 532 g/mol. The fourth-order valence-electron chi connectivity index (χ4n) is 4.13. The molecule has 0 atom stereocenters. The van der Waals surface area contributed by atoms with E-state index in [4.69, 9.17) is 16.3 Å². The maximum Gasteiger partial charge on any atom is 0.256 e. The maximum absolute atomic E-state index is 13.5. The molecule has 186 valence electrons. The molecule has 7 nitrogen and oxygen atoms in total. The number of benzene rings is 4. The Hall–Kier alpha value is -4.14. The highest BCUT2D eigenvalue weighted by Crippen LogP contribution is 2.35. The number of anilines is 1. The lowest BCUT2D eigenvalue weighted by Crippen LogP contribution is -2.14. The number of aromatic nitrogens is 2. The smallest absolute Gasteiger partial charge is 0.256 e. The van der Waals surface area contributed by atoms with Crippen molar-refractivity contribution in [1.29, 1.82) is 0 Å². The van der Waals surface area contributed by atoms with Gasteiger partial charge < -0.3 is 10.1 Å². The highest BCUT2D eigenvalue weighted by molar-refractivity contribution is 7.90. The number of sulfone groups is 1. The molecular weight excluding hydrogens is 510 g/mol. The molecule has 5 rings (SSSR count). The molecule has 1 heterocycles. The Morgan fingerprint density at radius 2 is 1.76 bits per heavy atom. The van der Waals surface area contributed by atoms with Gasteiger partial charge in [0.1, 0.15) is 11.4 Å². The van der Waals surface area contributed by atoms with Crippen LogP contribution in [0.3, 0.4) is 0 Å². The molecule has 0 radical (unpaired) electrons. The van der Waals surface area contributed by atoms with Crippen LogP contribution in [-0.4, -0.2) is 37.9 Å². The number of rotatable bonds is 6.